The molecule has 0 saturated carbocycles. The molecular formula is C21H12Cl2FNO2. The molecule has 3 nitrogen and oxygen atoms in total. The van der Waals surface area contributed by atoms with Crippen LogP contribution in [0.1, 0.15) is 21.5 Å². The van der Waals surface area contributed by atoms with Crippen molar-refractivity contribution in [2.45, 2.75) is 6.61 Å². The van der Waals surface area contributed by atoms with Crippen LogP contribution >= 0.6 is 23.2 Å². The van der Waals surface area contributed by atoms with Gasteiger partial charge in [0.15, 0.2) is 0 Å². The van der Waals surface area contributed by atoms with E-state index in [-0.39, 0.29) is 39.6 Å². The van der Waals surface area contributed by atoms with Crippen molar-refractivity contribution in [2.75, 3.05) is 0 Å². The van der Waals surface area contributed by atoms with Gasteiger partial charge in [0, 0.05) is 11.1 Å². The number of carbonyl (C=O) groups excluding carboxylic acids is 1. The standard InChI is InChI=1S/C21H12Cl2FNO2/c22-20-15(7-4-8-16(20)24)18-14(11-25)9-10-17(19(18)21(23)26)27-12-13-5-2-1-3-6-13/h1-10H,12H2. The zero-order valence-electron chi connectivity index (χ0n) is 13.9. The summed E-state index contributed by atoms with van der Waals surface area (Å²) in [6, 6.07) is 18.5. The maximum Gasteiger partial charge on any atom is 0.256 e. The number of nitrogens with zero attached hydrogens (tertiary/aromatic N) is 1. The third-order valence-electron chi connectivity index (χ3n) is 3.94. The van der Waals surface area contributed by atoms with Crippen LogP contribution in [0, 0.1) is 17.1 Å². The van der Waals surface area contributed by atoms with Crippen molar-refractivity contribution in [1.29, 1.82) is 5.26 Å². The molecule has 0 atom stereocenters. The highest BCUT2D eigenvalue weighted by Gasteiger charge is 2.23. The van der Waals surface area contributed by atoms with Crippen LogP contribution in [0.2, 0.25) is 5.02 Å². The van der Waals surface area contributed by atoms with E-state index in [1.165, 1.54) is 30.3 Å². The maximum atomic E-state index is 13.9. The van der Waals surface area contributed by atoms with Crippen LogP contribution in [0.3, 0.4) is 0 Å². The molecule has 6 heteroatoms. The first-order valence-corrected chi connectivity index (χ1v) is 8.66. The predicted molar refractivity (Wildman–Crippen MR) is 103 cm³/mol. The molecule has 0 radical (unpaired) electrons. The van der Waals surface area contributed by atoms with Crippen molar-refractivity contribution < 1.29 is 13.9 Å². The molecule has 3 aromatic rings. The molecule has 0 bridgehead atoms. The van der Waals surface area contributed by atoms with Crippen molar-refractivity contribution in [1.82, 2.24) is 0 Å². The molecule has 3 aromatic carbocycles. The quantitative estimate of drug-likeness (QED) is 0.496. The summed E-state index contributed by atoms with van der Waals surface area (Å²) in [5, 5.41) is 8.43. The lowest BCUT2D eigenvalue weighted by atomic mass is 9.94. The zero-order chi connectivity index (χ0) is 19.4. The summed E-state index contributed by atoms with van der Waals surface area (Å²) in [5.74, 6) is -0.477. The second-order valence-electron chi connectivity index (χ2n) is 5.62. The van der Waals surface area contributed by atoms with Crippen LogP contribution in [-0.4, -0.2) is 5.24 Å². The third kappa shape index (κ3) is 3.95. The minimum Gasteiger partial charge on any atom is -0.488 e. The lowest BCUT2D eigenvalue weighted by Gasteiger charge is -2.16. The van der Waals surface area contributed by atoms with E-state index in [4.69, 9.17) is 27.9 Å². The first kappa shape index (κ1) is 18.9. The van der Waals surface area contributed by atoms with E-state index < -0.39 is 11.1 Å². The molecule has 0 heterocycles. The highest BCUT2D eigenvalue weighted by molar-refractivity contribution is 6.68. The third-order valence-corrected chi connectivity index (χ3v) is 4.52. The van der Waals surface area contributed by atoms with Gasteiger partial charge in [-0.3, -0.25) is 4.79 Å². The van der Waals surface area contributed by atoms with Crippen molar-refractivity contribution in [3.8, 4) is 22.9 Å². The number of nitriles is 1. The van der Waals surface area contributed by atoms with Crippen LogP contribution in [0.4, 0.5) is 4.39 Å². The smallest absolute Gasteiger partial charge is 0.256 e. The molecule has 3 rings (SSSR count). The van der Waals surface area contributed by atoms with Gasteiger partial charge in [0.2, 0.25) is 0 Å². The van der Waals surface area contributed by atoms with Crippen molar-refractivity contribution in [3.63, 3.8) is 0 Å². The van der Waals surface area contributed by atoms with Gasteiger partial charge in [-0.1, -0.05) is 54.1 Å². The summed E-state index contributed by atoms with van der Waals surface area (Å²) >= 11 is 11.9. The average molecular weight is 400 g/mol. The highest BCUT2D eigenvalue weighted by Crippen LogP contribution is 2.39. The number of hydrogen-bond donors (Lipinski definition) is 0. The number of halogens is 3. The van der Waals surface area contributed by atoms with Gasteiger partial charge in [0.25, 0.3) is 5.24 Å². The first-order chi connectivity index (χ1) is 13.0. The first-order valence-electron chi connectivity index (χ1n) is 7.91. The number of hydrogen-bond acceptors (Lipinski definition) is 3. The van der Waals surface area contributed by atoms with Crippen LogP contribution in [0.5, 0.6) is 5.75 Å². The molecule has 0 amide bonds. The van der Waals surface area contributed by atoms with E-state index in [2.05, 4.69) is 0 Å². The Morgan fingerprint density at radius 3 is 2.48 bits per heavy atom. The van der Waals surface area contributed by atoms with Crippen LogP contribution in [0.15, 0.2) is 60.7 Å². The summed E-state index contributed by atoms with van der Waals surface area (Å²) < 4.78 is 19.7. The Kier molecular flexibility index (Phi) is 5.75. The van der Waals surface area contributed by atoms with Gasteiger partial charge in [-0.2, -0.15) is 5.26 Å². The molecule has 0 aliphatic rings. The molecule has 0 unspecified atom stereocenters. The Hall–Kier alpha value is -2.87. The van der Waals surface area contributed by atoms with Gasteiger partial charge in [0.05, 0.1) is 22.2 Å². The van der Waals surface area contributed by atoms with Gasteiger partial charge in [-0.25, -0.2) is 4.39 Å². The summed E-state index contributed by atoms with van der Waals surface area (Å²) in [6.07, 6.45) is 0. The van der Waals surface area contributed by atoms with Crippen molar-refractivity contribution in [3.05, 3.63) is 88.2 Å². The van der Waals surface area contributed by atoms with Gasteiger partial charge in [-0.15, -0.1) is 0 Å². The van der Waals surface area contributed by atoms with E-state index in [1.807, 2.05) is 36.4 Å². The molecule has 0 aliphatic heterocycles. The van der Waals surface area contributed by atoms with Crippen LogP contribution in [0.25, 0.3) is 11.1 Å². The van der Waals surface area contributed by atoms with E-state index in [0.29, 0.717) is 0 Å². The molecule has 0 aromatic heterocycles. The van der Waals surface area contributed by atoms with Gasteiger partial charge in [-0.05, 0) is 35.4 Å². The summed E-state index contributed by atoms with van der Waals surface area (Å²) in [7, 11) is 0. The van der Waals surface area contributed by atoms with Gasteiger partial charge in [0.1, 0.15) is 18.2 Å². The minimum atomic E-state index is -0.828. The zero-order valence-corrected chi connectivity index (χ0v) is 15.4. The Morgan fingerprint density at radius 1 is 1.07 bits per heavy atom. The fourth-order valence-electron chi connectivity index (χ4n) is 2.70. The molecule has 0 spiro atoms. The number of carbonyl (C=O) groups is 1. The normalized spacial score (nSPS) is 10.3. The lowest BCUT2D eigenvalue weighted by molar-refractivity contribution is 0.107. The van der Waals surface area contributed by atoms with Gasteiger partial charge >= 0.3 is 0 Å². The second kappa shape index (κ2) is 8.22. The number of benzene rings is 3. The predicted octanol–water partition coefficient (Wildman–Crippen LogP) is 5.98. The van der Waals surface area contributed by atoms with Crippen molar-refractivity contribution in [2.24, 2.45) is 0 Å². The number of rotatable bonds is 5. The topological polar surface area (TPSA) is 50.1 Å². The summed E-state index contributed by atoms with van der Waals surface area (Å²) in [4.78, 5) is 12.2. The molecule has 0 saturated heterocycles. The lowest BCUT2D eigenvalue weighted by Crippen LogP contribution is -2.05. The summed E-state index contributed by atoms with van der Waals surface area (Å²) in [5.41, 5.74) is 1.34. The molecule has 0 fully saturated rings. The molecule has 27 heavy (non-hydrogen) atoms. The van der Waals surface area contributed by atoms with E-state index in [1.54, 1.807) is 0 Å². The highest BCUT2D eigenvalue weighted by atomic mass is 35.5. The molecular weight excluding hydrogens is 388 g/mol. The fraction of sp³-hybridized carbons (Fsp3) is 0.0476. The number of ether oxygens (including phenoxy) is 1. The molecule has 0 aliphatic carbocycles. The minimum absolute atomic E-state index is 0.0286. The average Bonchev–Trinajstić information content (AvgIpc) is 2.68. The largest absolute Gasteiger partial charge is 0.488 e. The van der Waals surface area contributed by atoms with E-state index in [9.17, 15) is 14.4 Å². The monoisotopic (exact) mass is 399 g/mol. The molecule has 0 N–H and O–H groups in total. The Morgan fingerprint density at radius 2 is 1.81 bits per heavy atom. The van der Waals surface area contributed by atoms with Gasteiger partial charge < -0.3 is 4.74 Å². The van der Waals surface area contributed by atoms with Crippen LogP contribution in [-0.2, 0) is 6.61 Å². The second-order valence-corrected chi connectivity index (χ2v) is 6.34. The Balaban J connectivity index is 2.15. The van der Waals surface area contributed by atoms with E-state index >= 15 is 0 Å². The maximum absolute atomic E-state index is 13.9. The Labute approximate surface area is 165 Å². The van der Waals surface area contributed by atoms with Crippen molar-refractivity contribution >= 4 is 28.4 Å². The SMILES string of the molecule is N#Cc1ccc(OCc2ccccc2)c(C(=O)Cl)c1-c1cccc(F)c1Cl. The van der Waals surface area contributed by atoms with Crippen LogP contribution < -0.4 is 4.74 Å². The van der Waals surface area contributed by atoms with E-state index in [0.717, 1.165) is 5.56 Å². The summed E-state index contributed by atoms with van der Waals surface area (Å²) in [6.45, 7) is 0.195. The molecule has 134 valence electrons. The fourth-order valence-corrected chi connectivity index (χ4v) is 3.11. The Bertz CT molecular complexity index is 1050.